The van der Waals surface area contributed by atoms with Crippen LogP contribution in [0.4, 0.5) is 0 Å². The van der Waals surface area contributed by atoms with Gasteiger partial charge in [0.25, 0.3) is 0 Å². The van der Waals surface area contributed by atoms with E-state index in [0.29, 0.717) is 0 Å². The molecule has 0 unspecified atom stereocenters. The highest BCUT2D eigenvalue weighted by Gasteiger charge is 2.14. The molecule has 0 aliphatic heterocycles. The van der Waals surface area contributed by atoms with Crippen LogP contribution in [0.15, 0.2) is 24.3 Å². The molecule has 0 atom stereocenters. The van der Waals surface area contributed by atoms with Crippen molar-refractivity contribution in [1.29, 1.82) is 0 Å². The van der Waals surface area contributed by atoms with Crippen LogP contribution in [-0.4, -0.2) is 11.5 Å². The molecule has 2 N–H and O–H groups in total. The summed E-state index contributed by atoms with van der Waals surface area (Å²) < 4.78 is 0. The Balaban J connectivity index is 2.37. The molecule has 20 heavy (non-hydrogen) atoms. The fourth-order valence-corrected chi connectivity index (χ4v) is 2.51. The van der Waals surface area contributed by atoms with Gasteiger partial charge in [0.2, 0.25) is 0 Å². The van der Waals surface area contributed by atoms with Crippen molar-refractivity contribution < 1.29 is 0 Å². The predicted molar refractivity (Wildman–Crippen MR) is 87.2 cm³/mol. The maximum atomic E-state index is 5.55. The van der Waals surface area contributed by atoms with Crippen LogP contribution in [0.1, 0.15) is 50.4 Å². The molecule has 0 amide bonds. The van der Waals surface area contributed by atoms with Gasteiger partial charge in [-0.25, -0.2) is 0 Å². The Morgan fingerprint density at radius 1 is 1.10 bits per heavy atom. The summed E-state index contributed by atoms with van der Waals surface area (Å²) in [7, 11) is 0. The van der Waals surface area contributed by atoms with E-state index in [9.17, 15) is 0 Å². The van der Waals surface area contributed by atoms with E-state index in [2.05, 4.69) is 52.0 Å². The van der Waals surface area contributed by atoms with Gasteiger partial charge in [0.05, 0.1) is 5.52 Å². The monoisotopic (exact) mass is 270 g/mol. The zero-order valence-electron chi connectivity index (χ0n) is 13.2. The van der Waals surface area contributed by atoms with Crippen LogP contribution in [0.5, 0.6) is 0 Å². The first-order valence-electron chi connectivity index (χ1n) is 7.52. The third kappa shape index (κ3) is 3.37. The highest BCUT2D eigenvalue weighted by Crippen LogP contribution is 2.27. The maximum Gasteiger partial charge on any atom is 0.0708 e. The lowest BCUT2D eigenvalue weighted by Crippen LogP contribution is -2.11. The van der Waals surface area contributed by atoms with E-state index in [4.69, 9.17) is 10.7 Å². The van der Waals surface area contributed by atoms with Crippen molar-refractivity contribution >= 4 is 10.9 Å². The second-order valence-corrected chi connectivity index (χ2v) is 6.66. The minimum atomic E-state index is 0.181. The van der Waals surface area contributed by atoms with Gasteiger partial charge in [-0.1, -0.05) is 26.8 Å². The SMILES string of the molecule is Cc1cc(CCCCN)nc2ccc(C(C)(C)C)cc12. The molecule has 0 fully saturated rings. The molecule has 1 aromatic carbocycles. The van der Waals surface area contributed by atoms with Crippen LogP contribution >= 0.6 is 0 Å². The molecule has 0 radical (unpaired) electrons. The standard InChI is InChI=1S/C18H26N2/c1-13-11-15(7-5-6-10-19)20-17-9-8-14(12-16(13)17)18(2,3)4/h8-9,11-12H,5-7,10,19H2,1-4H3. The molecule has 2 heteroatoms. The Labute approximate surface area is 122 Å². The lowest BCUT2D eigenvalue weighted by molar-refractivity contribution is 0.591. The molecular weight excluding hydrogens is 244 g/mol. The van der Waals surface area contributed by atoms with Gasteiger partial charge in [-0.05, 0) is 67.5 Å². The van der Waals surface area contributed by atoms with Gasteiger partial charge in [-0.2, -0.15) is 0 Å². The lowest BCUT2D eigenvalue weighted by atomic mass is 9.86. The average Bonchev–Trinajstić information content (AvgIpc) is 2.37. The van der Waals surface area contributed by atoms with Crippen LogP contribution in [0, 0.1) is 6.92 Å². The number of hydrogen-bond donors (Lipinski definition) is 1. The van der Waals surface area contributed by atoms with Crippen LogP contribution in [0.25, 0.3) is 10.9 Å². The van der Waals surface area contributed by atoms with Gasteiger partial charge in [-0.3, -0.25) is 4.98 Å². The topological polar surface area (TPSA) is 38.9 Å². The van der Waals surface area contributed by atoms with Crippen molar-refractivity contribution in [2.45, 2.75) is 52.4 Å². The molecule has 0 bridgehead atoms. The molecule has 0 aliphatic carbocycles. The summed E-state index contributed by atoms with van der Waals surface area (Å²) in [4.78, 5) is 4.79. The molecule has 0 saturated heterocycles. The first-order valence-corrected chi connectivity index (χ1v) is 7.52. The molecule has 0 spiro atoms. The van der Waals surface area contributed by atoms with E-state index in [-0.39, 0.29) is 5.41 Å². The quantitative estimate of drug-likeness (QED) is 0.849. The van der Waals surface area contributed by atoms with Crippen molar-refractivity contribution in [3.8, 4) is 0 Å². The van der Waals surface area contributed by atoms with Crippen molar-refractivity contribution in [2.24, 2.45) is 5.73 Å². The molecule has 2 rings (SSSR count). The van der Waals surface area contributed by atoms with Crippen LogP contribution in [0.2, 0.25) is 0 Å². The van der Waals surface area contributed by atoms with Crippen molar-refractivity contribution in [1.82, 2.24) is 4.98 Å². The molecule has 2 aromatic rings. The second kappa shape index (κ2) is 5.92. The summed E-state index contributed by atoms with van der Waals surface area (Å²) in [6, 6.07) is 8.89. The highest BCUT2D eigenvalue weighted by atomic mass is 14.7. The average molecular weight is 270 g/mol. The summed E-state index contributed by atoms with van der Waals surface area (Å²) in [6.07, 6.45) is 3.21. The zero-order valence-corrected chi connectivity index (χ0v) is 13.2. The van der Waals surface area contributed by atoms with Gasteiger partial charge in [0, 0.05) is 11.1 Å². The predicted octanol–water partition coefficient (Wildman–Crippen LogP) is 4.12. The Morgan fingerprint density at radius 3 is 2.50 bits per heavy atom. The van der Waals surface area contributed by atoms with Gasteiger partial charge in [0.1, 0.15) is 0 Å². The van der Waals surface area contributed by atoms with Gasteiger partial charge in [-0.15, -0.1) is 0 Å². The summed E-state index contributed by atoms with van der Waals surface area (Å²) in [5.41, 5.74) is 10.7. The molecule has 0 aliphatic rings. The number of unbranched alkanes of at least 4 members (excludes halogenated alkanes) is 1. The van der Waals surface area contributed by atoms with Gasteiger partial charge >= 0.3 is 0 Å². The number of benzene rings is 1. The van der Waals surface area contributed by atoms with Crippen molar-refractivity contribution in [3.05, 3.63) is 41.1 Å². The van der Waals surface area contributed by atoms with Crippen LogP contribution in [-0.2, 0) is 11.8 Å². The molecular formula is C18H26N2. The Hall–Kier alpha value is -1.41. The number of nitrogens with two attached hydrogens (primary N) is 1. The van der Waals surface area contributed by atoms with Crippen LogP contribution in [0.3, 0.4) is 0 Å². The number of fused-ring (bicyclic) bond motifs is 1. The van der Waals surface area contributed by atoms with Gasteiger partial charge in [0.15, 0.2) is 0 Å². The number of pyridine rings is 1. The van der Waals surface area contributed by atoms with E-state index >= 15 is 0 Å². The van der Waals surface area contributed by atoms with E-state index in [1.165, 1.54) is 22.2 Å². The molecule has 0 saturated carbocycles. The number of rotatable bonds is 4. The Bertz CT molecular complexity index is 594. The lowest BCUT2D eigenvalue weighted by Gasteiger charge is -2.20. The third-order valence-corrected chi connectivity index (χ3v) is 3.82. The fourth-order valence-electron chi connectivity index (χ4n) is 2.51. The summed E-state index contributed by atoms with van der Waals surface area (Å²) in [5.74, 6) is 0. The third-order valence-electron chi connectivity index (χ3n) is 3.82. The summed E-state index contributed by atoms with van der Waals surface area (Å²) in [6.45, 7) is 9.69. The minimum absolute atomic E-state index is 0.181. The second-order valence-electron chi connectivity index (χ2n) is 6.66. The largest absolute Gasteiger partial charge is 0.330 e. The van der Waals surface area contributed by atoms with E-state index in [0.717, 1.165) is 31.3 Å². The Kier molecular flexibility index (Phi) is 4.44. The Morgan fingerprint density at radius 2 is 1.85 bits per heavy atom. The number of aryl methyl sites for hydroxylation is 2. The first-order chi connectivity index (χ1) is 9.41. The number of nitrogens with zero attached hydrogens (tertiary/aromatic N) is 1. The van der Waals surface area contributed by atoms with Gasteiger partial charge < -0.3 is 5.73 Å². The van der Waals surface area contributed by atoms with Crippen LogP contribution < -0.4 is 5.73 Å². The smallest absolute Gasteiger partial charge is 0.0708 e. The zero-order chi connectivity index (χ0) is 14.8. The molecule has 1 heterocycles. The van der Waals surface area contributed by atoms with E-state index in [1.807, 2.05) is 0 Å². The van der Waals surface area contributed by atoms with Crippen molar-refractivity contribution in [2.75, 3.05) is 6.54 Å². The van der Waals surface area contributed by atoms with Crippen molar-refractivity contribution in [3.63, 3.8) is 0 Å². The molecule has 1 aromatic heterocycles. The van der Waals surface area contributed by atoms with E-state index in [1.54, 1.807) is 0 Å². The molecule has 108 valence electrons. The summed E-state index contributed by atoms with van der Waals surface area (Å²) in [5, 5.41) is 1.28. The molecule has 2 nitrogen and oxygen atoms in total. The number of hydrogen-bond acceptors (Lipinski definition) is 2. The summed E-state index contributed by atoms with van der Waals surface area (Å²) >= 11 is 0. The minimum Gasteiger partial charge on any atom is -0.330 e. The van der Waals surface area contributed by atoms with E-state index < -0.39 is 0 Å². The fraction of sp³-hybridized carbons (Fsp3) is 0.500. The first kappa shape index (κ1) is 15.0. The normalized spacial score (nSPS) is 12.1. The highest BCUT2D eigenvalue weighted by molar-refractivity contribution is 5.83. The maximum absolute atomic E-state index is 5.55. The number of aromatic nitrogens is 1.